The SMILES string of the molecule is CC(C)C[C@H](NC=O)C(=O)O.O=[N+]([O-])c1ccc([N+](=O)[O-])cc1. The van der Waals surface area contributed by atoms with Gasteiger partial charge >= 0.3 is 5.97 Å². The standard InChI is InChI=1S/C7H13NO3.C6H4N2O4/c1-5(2)3-6(7(10)11)8-4-9;9-7(10)5-1-2-6(4-3-5)8(11)12/h4-6H,3H2,1-2H3,(H,8,9)(H,10,11);1-4H/t6-;/m0./s1. The Hall–Kier alpha value is -3.04. The summed E-state index contributed by atoms with van der Waals surface area (Å²) in [5, 5.41) is 31.0. The lowest BCUT2D eigenvalue weighted by Gasteiger charge is -2.12. The number of nitrogens with one attached hydrogen (secondary N) is 1. The number of hydrogen-bond acceptors (Lipinski definition) is 6. The Morgan fingerprint density at radius 3 is 1.78 bits per heavy atom. The van der Waals surface area contributed by atoms with Gasteiger partial charge in [-0.2, -0.15) is 0 Å². The van der Waals surface area contributed by atoms with Crippen LogP contribution in [0.3, 0.4) is 0 Å². The van der Waals surface area contributed by atoms with Crippen molar-refractivity contribution in [3.63, 3.8) is 0 Å². The number of nitro groups is 2. The summed E-state index contributed by atoms with van der Waals surface area (Å²) in [5.41, 5.74) is -0.304. The van der Waals surface area contributed by atoms with E-state index in [0.29, 0.717) is 12.8 Å². The largest absolute Gasteiger partial charge is 0.480 e. The summed E-state index contributed by atoms with van der Waals surface area (Å²) in [6.07, 6.45) is 0.884. The quantitative estimate of drug-likeness (QED) is 0.439. The fourth-order valence-corrected chi connectivity index (χ4v) is 1.49. The minimum atomic E-state index is -0.981. The predicted molar refractivity (Wildman–Crippen MR) is 79.8 cm³/mol. The molecule has 1 atom stereocenters. The van der Waals surface area contributed by atoms with Gasteiger partial charge in [-0.3, -0.25) is 25.0 Å². The molecular weight excluding hydrogens is 310 g/mol. The Morgan fingerprint density at radius 2 is 1.57 bits per heavy atom. The molecular formula is C13H17N3O7. The van der Waals surface area contributed by atoms with Gasteiger partial charge in [0.15, 0.2) is 0 Å². The summed E-state index contributed by atoms with van der Waals surface area (Å²) in [6.45, 7) is 3.81. The molecule has 1 amide bonds. The van der Waals surface area contributed by atoms with E-state index in [9.17, 15) is 29.8 Å². The van der Waals surface area contributed by atoms with E-state index in [1.165, 1.54) is 0 Å². The van der Waals surface area contributed by atoms with Crippen LogP contribution in [-0.2, 0) is 9.59 Å². The molecule has 0 unspecified atom stereocenters. The lowest BCUT2D eigenvalue weighted by atomic mass is 10.0. The summed E-state index contributed by atoms with van der Waals surface area (Å²) in [5.74, 6) is -0.714. The molecule has 0 fully saturated rings. The molecule has 0 heterocycles. The third-order valence-electron chi connectivity index (χ3n) is 2.55. The second-order valence-electron chi connectivity index (χ2n) is 4.84. The van der Waals surface area contributed by atoms with E-state index in [1.807, 2.05) is 13.8 Å². The van der Waals surface area contributed by atoms with Gasteiger partial charge in [-0.1, -0.05) is 13.8 Å². The first-order valence-electron chi connectivity index (χ1n) is 6.50. The number of nitrogens with zero attached hydrogens (tertiary/aromatic N) is 2. The van der Waals surface area contributed by atoms with E-state index in [4.69, 9.17) is 5.11 Å². The van der Waals surface area contributed by atoms with Crippen LogP contribution in [0.2, 0.25) is 0 Å². The summed E-state index contributed by atoms with van der Waals surface area (Å²) in [4.78, 5) is 39.4. The van der Waals surface area contributed by atoms with Gasteiger partial charge in [-0.25, -0.2) is 4.79 Å². The van der Waals surface area contributed by atoms with Crippen LogP contribution in [0.1, 0.15) is 20.3 Å². The zero-order valence-corrected chi connectivity index (χ0v) is 12.5. The van der Waals surface area contributed by atoms with E-state index in [2.05, 4.69) is 5.32 Å². The number of hydrogen-bond donors (Lipinski definition) is 2. The molecule has 0 aliphatic rings. The molecule has 1 aromatic rings. The molecule has 0 aliphatic heterocycles. The minimum absolute atomic E-state index is 0.152. The van der Waals surface area contributed by atoms with Crippen LogP contribution in [0.5, 0.6) is 0 Å². The van der Waals surface area contributed by atoms with Crippen LogP contribution in [0.4, 0.5) is 11.4 Å². The molecule has 0 saturated carbocycles. The number of benzene rings is 1. The van der Waals surface area contributed by atoms with Crippen LogP contribution >= 0.6 is 0 Å². The number of rotatable bonds is 7. The first-order chi connectivity index (χ1) is 10.7. The van der Waals surface area contributed by atoms with Crippen molar-refractivity contribution in [3.8, 4) is 0 Å². The summed E-state index contributed by atoms with van der Waals surface area (Å²) in [6, 6.07) is 3.64. The molecule has 0 saturated heterocycles. The topological polar surface area (TPSA) is 153 Å². The maximum atomic E-state index is 10.4. The number of carboxylic acid groups (broad SMARTS) is 1. The van der Waals surface area contributed by atoms with Gasteiger partial charge in [-0.05, 0) is 12.3 Å². The van der Waals surface area contributed by atoms with E-state index in [1.54, 1.807) is 0 Å². The Balaban J connectivity index is 0.000000423. The van der Waals surface area contributed by atoms with Crippen molar-refractivity contribution < 1.29 is 24.5 Å². The zero-order valence-electron chi connectivity index (χ0n) is 12.5. The molecule has 0 radical (unpaired) electrons. The van der Waals surface area contributed by atoms with Gasteiger partial charge in [0.05, 0.1) is 9.85 Å². The van der Waals surface area contributed by atoms with Crippen LogP contribution in [0.25, 0.3) is 0 Å². The second kappa shape index (κ2) is 9.82. The van der Waals surface area contributed by atoms with Gasteiger partial charge in [0.25, 0.3) is 11.4 Å². The van der Waals surface area contributed by atoms with E-state index < -0.39 is 21.9 Å². The van der Waals surface area contributed by atoms with Crippen molar-refractivity contribution in [2.45, 2.75) is 26.3 Å². The first-order valence-corrected chi connectivity index (χ1v) is 6.50. The lowest BCUT2D eigenvalue weighted by Crippen LogP contribution is -2.36. The Kier molecular flexibility index (Phi) is 8.52. The third-order valence-corrected chi connectivity index (χ3v) is 2.55. The van der Waals surface area contributed by atoms with Crippen molar-refractivity contribution >= 4 is 23.8 Å². The molecule has 0 aliphatic carbocycles. The predicted octanol–water partition coefficient (Wildman–Crippen LogP) is 1.73. The molecule has 0 aromatic heterocycles. The van der Waals surface area contributed by atoms with Crippen molar-refractivity contribution in [1.82, 2.24) is 5.32 Å². The third kappa shape index (κ3) is 8.09. The highest BCUT2D eigenvalue weighted by atomic mass is 16.6. The van der Waals surface area contributed by atoms with Crippen molar-refractivity contribution in [2.24, 2.45) is 5.92 Å². The number of aliphatic carboxylic acids is 1. The van der Waals surface area contributed by atoms with Gasteiger partial charge in [-0.15, -0.1) is 0 Å². The number of non-ortho nitro benzene ring substituents is 2. The van der Waals surface area contributed by atoms with Gasteiger partial charge in [0.1, 0.15) is 6.04 Å². The molecule has 10 nitrogen and oxygen atoms in total. The van der Waals surface area contributed by atoms with E-state index in [0.717, 1.165) is 24.3 Å². The number of amides is 1. The highest BCUT2D eigenvalue weighted by Crippen LogP contribution is 2.16. The maximum Gasteiger partial charge on any atom is 0.326 e. The number of carboxylic acids is 1. The molecule has 1 rings (SSSR count). The van der Waals surface area contributed by atoms with Crippen LogP contribution < -0.4 is 5.32 Å². The summed E-state index contributed by atoms with van der Waals surface area (Å²) in [7, 11) is 0. The number of carbonyl (C=O) groups is 2. The van der Waals surface area contributed by atoms with Crippen LogP contribution in [-0.4, -0.2) is 33.4 Å². The molecule has 0 bridgehead atoms. The Labute approximate surface area is 131 Å². The van der Waals surface area contributed by atoms with Crippen molar-refractivity contribution in [3.05, 3.63) is 44.5 Å². The fraction of sp³-hybridized carbons (Fsp3) is 0.385. The molecule has 2 N–H and O–H groups in total. The molecule has 23 heavy (non-hydrogen) atoms. The smallest absolute Gasteiger partial charge is 0.326 e. The minimum Gasteiger partial charge on any atom is -0.480 e. The maximum absolute atomic E-state index is 10.4. The average molecular weight is 327 g/mol. The number of carbonyl (C=O) groups excluding carboxylic acids is 1. The van der Waals surface area contributed by atoms with Crippen molar-refractivity contribution in [2.75, 3.05) is 0 Å². The van der Waals surface area contributed by atoms with Gasteiger partial charge in [0.2, 0.25) is 6.41 Å². The van der Waals surface area contributed by atoms with Crippen LogP contribution in [0, 0.1) is 26.1 Å². The van der Waals surface area contributed by atoms with Gasteiger partial charge < -0.3 is 10.4 Å². The Bertz CT molecular complexity index is 524. The van der Waals surface area contributed by atoms with E-state index in [-0.39, 0.29) is 17.3 Å². The molecule has 10 heteroatoms. The molecule has 1 aromatic carbocycles. The highest BCUT2D eigenvalue weighted by molar-refractivity contribution is 5.76. The fourth-order valence-electron chi connectivity index (χ4n) is 1.49. The number of nitro benzene ring substituents is 2. The van der Waals surface area contributed by atoms with Crippen molar-refractivity contribution in [1.29, 1.82) is 0 Å². The lowest BCUT2D eigenvalue weighted by molar-refractivity contribution is -0.389. The molecule has 126 valence electrons. The summed E-state index contributed by atoms with van der Waals surface area (Å²) >= 11 is 0. The second-order valence-corrected chi connectivity index (χ2v) is 4.84. The van der Waals surface area contributed by atoms with E-state index >= 15 is 0 Å². The molecule has 0 spiro atoms. The highest BCUT2D eigenvalue weighted by Gasteiger charge is 2.16. The van der Waals surface area contributed by atoms with Crippen LogP contribution in [0.15, 0.2) is 24.3 Å². The van der Waals surface area contributed by atoms with Gasteiger partial charge in [0, 0.05) is 24.3 Å². The normalized spacial score (nSPS) is 10.9. The summed E-state index contributed by atoms with van der Waals surface area (Å²) < 4.78 is 0. The average Bonchev–Trinajstić information content (AvgIpc) is 2.47. The zero-order chi connectivity index (χ0) is 18.0. The first kappa shape index (κ1) is 20.0. The Morgan fingerprint density at radius 1 is 1.17 bits per heavy atom. The monoisotopic (exact) mass is 327 g/mol.